The fourth-order valence-corrected chi connectivity index (χ4v) is 3.11. The number of pyridine rings is 1. The van der Waals surface area contributed by atoms with Gasteiger partial charge in [-0.05, 0) is 36.8 Å². The summed E-state index contributed by atoms with van der Waals surface area (Å²) in [5.41, 5.74) is 3.71. The van der Waals surface area contributed by atoms with Crippen LogP contribution < -0.4 is 5.32 Å². The first-order valence-corrected chi connectivity index (χ1v) is 9.36. The zero-order valence-corrected chi connectivity index (χ0v) is 15.7. The Bertz CT molecular complexity index is 1030. The minimum atomic E-state index is 0.582. The number of fused-ring (bicyclic) bond motifs is 1. The van der Waals surface area contributed by atoms with Crippen LogP contribution in [0.4, 0.5) is 11.5 Å². The fraction of sp³-hybridized carbons (Fsp3) is 0.105. The number of anilines is 2. The molecule has 4 aromatic rings. The maximum Gasteiger partial charge on any atom is 0.231 e. The first-order valence-electron chi connectivity index (χ1n) is 7.83. The number of nitrogens with zero attached hydrogens (tertiary/aromatic N) is 3. The molecule has 4 rings (SSSR count). The SMILES string of the molecule is Cc1cc2c(Nc3ccncc3)nc(-c3cccc(CI)c3)nc2o1. The van der Waals surface area contributed by atoms with E-state index in [9.17, 15) is 0 Å². The molecule has 3 heterocycles. The van der Waals surface area contributed by atoms with Crippen molar-refractivity contribution in [1.82, 2.24) is 15.0 Å². The summed E-state index contributed by atoms with van der Waals surface area (Å²) in [6.45, 7) is 1.91. The van der Waals surface area contributed by atoms with Gasteiger partial charge < -0.3 is 9.73 Å². The van der Waals surface area contributed by atoms with E-state index in [1.54, 1.807) is 12.4 Å². The molecule has 0 fully saturated rings. The average molecular weight is 442 g/mol. The molecule has 0 radical (unpaired) electrons. The fourth-order valence-electron chi connectivity index (χ4n) is 2.63. The molecule has 0 amide bonds. The normalized spacial score (nSPS) is 11.0. The van der Waals surface area contributed by atoms with Gasteiger partial charge in [-0.15, -0.1) is 0 Å². The smallest absolute Gasteiger partial charge is 0.231 e. The van der Waals surface area contributed by atoms with E-state index in [1.165, 1.54) is 5.56 Å². The highest BCUT2D eigenvalue weighted by molar-refractivity contribution is 14.1. The number of aromatic nitrogens is 3. The minimum absolute atomic E-state index is 0.582. The van der Waals surface area contributed by atoms with E-state index in [0.29, 0.717) is 11.5 Å². The Morgan fingerprint density at radius 3 is 2.72 bits per heavy atom. The van der Waals surface area contributed by atoms with E-state index in [-0.39, 0.29) is 0 Å². The second-order valence-corrected chi connectivity index (χ2v) is 6.43. The molecule has 5 nitrogen and oxygen atoms in total. The lowest BCUT2D eigenvalue weighted by atomic mass is 10.1. The monoisotopic (exact) mass is 442 g/mol. The van der Waals surface area contributed by atoms with Crippen LogP contribution in [0.3, 0.4) is 0 Å². The molecule has 0 spiro atoms. The molecule has 0 bridgehead atoms. The van der Waals surface area contributed by atoms with Crippen LogP contribution in [0.15, 0.2) is 59.3 Å². The van der Waals surface area contributed by atoms with Crippen molar-refractivity contribution in [3.05, 3.63) is 66.2 Å². The zero-order valence-electron chi connectivity index (χ0n) is 13.5. The third-order valence-electron chi connectivity index (χ3n) is 3.80. The van der Waals surface area contributed by atoms with E-state index < -0.39 is 0 Å². The second kappa shape index (κ2) is 6.79. The number of benzene rings is 1. The van der Waals surface area contributed by atoms with Gasteiger partial charge in [-0.25, -0.2) is 4.98 Å². The van der Waals surface area contributed by atoms with Gasteiger partial charge in [-0.2, -0.15) is 4.98 Å². The van der Waals surface area contributed by atoms with Gasteiger partial charge in [0.25, 0.3) is 0 Å². The Morgan fingerprint density at radius 2 is 1.92 bits per heavy atom. The Balaban J connectivity index is 1.85. The summed E-state index contributed by atoms with van der Waals surface area (Å²) in [4.78, 5) is 13.4. The maximum absolute atomic E-state index is 5.76. The highest BCUT2D eigenvalue weighted by Gasteiger charge is 2.14. The summed E-state index contributed by atoms with van der Waals surface area (Å²) in [6, 6.07) is 14.0. The third kappa shape index (κ3) is 3.34. The zero-order chi connectivity index (χ0) is 17.2. The van der Waals surface area contributed by atoms with Crippen molar-refractivity contribution in [1.29, 1.82) is 0 Å². The van der Waals surface area contributed by atoms with Crippen LogP contribution in [0.25, 0.3) is 22.5 Å². The van der Waals surface area contributed by atoms with Gasteiger partial charge in [0.1, 0.15) is 11.6 Å². The quantitative estimate of drug-likeness (QED) is 0.345. The number of alkyl halides is 1. The van der Waals surface area contributed by atoms with Crippen LogP contribution in [0.1, 0.15) is 11.3 Å². The van der Waals surface area contributed by atoms with Gasteiger partial charge in [-0.1, -0.05) is 40.8 Å². The van der Waals surface area contributed by atoms with Crippen molar-refractivity contribution in [2.24, 2.45) is 0 Å². The van der Waals surface area contributed by atoms with Crippen molar-refractivity contribution in [3.8, 4) is 11.4 Å². The predicted octanol–water partition coefficient (Wildman–Crippen LogP) is 5.27. The molecule has 6 heteroatoms. The van der Waals surface area contributed by atoms with Gasteiger partial charge in [0, 0.05) is 28.1 Å². The molecule has 1 aromatic carbocycles. The van der Waals surface area contributed by atoms with E-state index >= 15 is 0 Å². The van der Waals surface area contributed by atoms with Crippen LogP contribution >= 0.6 is 22.6 Å². The van der Waals surface area contributed by atoms with Gasteiger partial charge in [-0.3, -0.25) is 4.98 Å². The van der Waals surface area contributed by atoms with Gasteiger partial charge in [0.15, 0.2) is 5.82 Å². The number of rotatable bonds is 4. The Hall–Kier alpha value is -2.48. The molecule has 1 N–H and O–H groups in total. The molecule has 124 valence electrons. The highest BCUT2D eigenvalue weighted by atomic mass is 127. The molecule has 0 unspecified atom stereocenters. The van der Waals surface area contributed by atoms with E-state index in [0.717, 1.165) is 32.6 Å². The number of hydrogen-bond donors (Lipinski definition) is 1. The second-order valence-electron chi connectivity index (χ2n) is 5.67. The lowest BCUT2D eigenvalue weighted by Gasteiger charge is -2.09. The highest BCUT2D eigenvalue weighted by Crippen LogP contribution is 2.29. The third-order valence-corrected chi connectivity index (χ3v) is 4.68. The van der Waals surface area contributed by atoms with Gasteiger partial charge in [0.05, 0.1) is 5.39 Å². The number of nitrogens with one attached hydrogen (secondary N) is 1. The molecule has 0 saturated heterocycles. The number of hydrogen-bond acceptors (Lipinski definition) is 5. The van der Waals surface area contributed by atoms with E-state index in [1.807, 2.05) is 37.3 Å². The number of aryl methyl sites for hydroxylation is 1. The first-order chi connectivity index (χ1) is 12.2. The Kier molecular flexibility index (Phi) is 4.35. The largest absolute Gasteiger partial charge is 0.443 e. The summed E-state index contributed by atoms with van der Waals surface area (Å²) in [5.74, 6) is 2.17. The summed E-state index contributed by atoms with van der Waals surface area (Å²) in [7, 11) is 0. The molecular formula is C19H15IN4O. The van der Waals surface area contributed by atoms with Crippen LogP contribution in [0.2, 0.25) is 0 Å². The summed E-state index contributed by atoms with van der Waals surface area (Å²) < 4.78 is 6.70. The van der Waals surface area contributed by atoms with Crippen molar-refractivity contribution in [3.63, 3.8) is 0 Å². The van der Waals surface area contributed by atoms with Gasteiger partial charge >= 0.3 is 0 Å². The maximum atomic E-state index is 5.76. The topological polar surface area (TPSA) is 63.8 Å². The standard InChI is InChI=1S/C19H15IN4O/c1-12-9-16-18(22-15-5-7-21-8-6-15)23-17(24-19(16)25-12)14-4-2-3-13(10-14)11-20/h2-10H,11H2,1H3,(H,21,22,23,24). The Labute approximate surface area is 158 Å². The number of furan rings is 1. The van der Waals surface area contributed by atoms with Crippen LogP contribution in [-0.4, -0.2) is 15.0 Å². The number of halogens is 1. The molecule has 0 atom stereocenters. The summed E-state index contributed by atoms with van der Waals surface area (Å²) in [6.07, 6.45) is 3.48. The van der Waals surface area contributed by atoms with Crippen molar-refractivity contribution >= 4 is 45.2 Å². The molecule has 0 aliphatic carbocycles. The van der Waals surface area contributed by atoms with Crippen LogP contribution in [0, 0.1) is 6.92 Å². The van der Waals surface area contributed by atoms with Gasteiger partial charge in [0.2, 0.25) is 5.71 Å². The minimum Gasteiger partial charge on any atom is -0.443 e. The lowest BCUT2D eigenvalue weighted by molar-refractivity contribution is 0.567. The van der Waals surface area contributed by atoms with Crippen LogP contribution in [0.5, 0.6) is 0 Å². The molecule has 3 aromatic heterocycles. The van der Waals surface area contributed by atoms with E-state index in [2.05, 4.69) is 50.0 Å². The Morgan fingerprint density at radius 1 is 1.08 bits per heavy atom. The molecule has 0 aliphatic heterocycles. The lowest BCUT2D eigenvalue weighted by Crippen LogP contribution is -1.98. The molecular weight excluding hydrogens is 427 g/mol. The molecule has 25 heavy (non-hydrogen) atoms. The van der Waals surface area contributed by atoms with E-state index in [4.69, 9.17) is 9.40 Å². The van der Waals surface area contributed by atoms with Crippen LogP contribution in [-0.2, 0) is 4.43 Å². The van der Waals surface area contributed by atoms with Crippen molar-refractivity contribution < 1.29 is 4.42 Å². The summed E-state index contributed by atoms with van der Waals surface area (Å²) >= 11 is 2.35. The van der Waals surface area contributed by atoms with Crippen molar-refractivity contribution in [2.75, 3.05) is 5.32 Å². The van der Waals surface area contributed by atoms with Crippen molar-refractivity contribution in [2.45, 2.75) is 11.4 Å². The molecule has 0 aliphatic rings. The predicted molar refractivity (Wildman–Crippen MR) is 107 cm³/mol. The average Bonchev–Trinajstić information content (AvgIpc) is 3.03. The molecule has 0 saturated carbocycles. The first kappa shape index (κ1) is 16.0. The summed E-state index contributed by atoms with van der Waals surface area (Å²) in [5, 5.41) is 4.21.